The second-order valence-electron chi connectivity index (χ2n) is 8.21. The van der Waals surface area contributed by atoms with Crippen LogP contribution < -0.4 is 4.90 Å². The number of amides is 2. The average Bonchev–Trinajstić information content (AvgIpc) is 3.28. The van der Waals surface area contributed by atoms with Gasteiger partial charge < -0.3 is 14.7 Å². The van der Waals surface area contributed by atoms with E-state index in [1.54, 1.807) is 31.0 Å². The van der Waals surface area contributed by atoms with Gasteiger partial charge in [0.25, 0.3) is 11.8 Å². The Bertz CT molecular complexity index is 1330. The van der Waals surface area contributed by atoms with Crippen LogP contribution in [0.25, 0.3) is 16.9 Å². The van der Waals surface area contributed by atoms with Crippen molar-refractivity contribution >= 4 is 23.3 Å². The fraction of sp³-hybridized carbons (Fsp3) is 0.250. The molecule has 34 heavy (non-hydrogen) atoms. The smallest absolute Gasteiger partial charge is 0.275 e. The van der Waals surface area contributed by atoms with E-state index in [4.69, 9.17) is 0 Å². The van der Waals surface area contributed by atoms with E-state index in [2.05, 4.69) is 25.0 Å². The third kappa shape index (κ3) is 3.94. The molecular formula is C24H24N8O2. The average molecular weight is 457 g/mol. The number of rotatable bonds is 4. The number of carbonyl (C=O) groups is 2. The molecule has 1 aliphatic heterocycles. The number of anilines is 1. The Balaban J connectivity index is 1.35. The van der Waals surface area contributed by atoms with Crippen LogP contribution in [0.4, 0.5) is 5.82 Å². The zero-order chi connectivity index (χ0) is 23.7. The molecular weight excluding hydrogens is 432 g/mol. The highest BCUT2D eigenvalue weighted by molar-refractivity contribution is 5.99. The lowest BCUT2D eigenvalue weighted by molar-refractivity contribution is 0.0738. The van der Waals surface area contributed by atoms with Crippen LogP contribution >= 0.6 is 0 Å². The molecule has 0 aliphatic carbocycles. The maximum Gasteiger partial charge on any atom is 0.275 e. The van der Waals surface area contributed by atoms with Gasteiger partial charge >= 0.3 is 0 Å². The highest BCUT2D eigenvalue weighted by atomic mass is 16.2. The van der Waals surface area contributed by atoms with Crippen LogP contribution in [0.5, 0.6) is 0 Å². The fourth-order valence-electron chi connectivity index (χ4n) is 3.99. The molecule has 0 saturated carbocycles. The summed E-state index contributed by atoms with van der Waals surface area (Å²) in [6.45, 7) is 2.25. The van der Waals surface area contributed by atoms with Crippen molar-refractivity contribution in [3.8, 4) is 11.3 Å². The number of nitrogens with zero attached hydrogens (tertiary/aromatic N) is 8. The first-order valence-electron chi connectivity index (χ1n) is 11.0. The van der Waals surface area contributed by atoms with Crippen molar-refractivity contribution in [1.29, 1.82) is 0 Å². The van der Waals surface area contributed by atoms with Crippen LogP contribution in [0.1, 0.15) is 21.0 Å². The first-order chi connectivity index (χ1) is 16.5. The van der Waals surface area contributed by atoms with Crippen molar-refractivity contribution in [2.45, 2.75) is 0 Å². The number of imidazole rings is 1. The van der Waals surface area contributed by atoms with Gasteiger partial charge in [-0.05, 0) is 12.1 Å². The summed E-state index contributed by atoms with van der Waals surface area (Å²) in [5, 5.41) is 4.39. The number of fused-ring (bicyclic) bond motifs is 1. The van der Waals surface area contributed by atoms with Crippen LogP contribution in [-0.2, 0) is 0 Å². The molecule has 0 radical (unpaired) electrons. The maximum atomic E-state index is 13.6. The van der Waals surface area contributed by atoms with E-state index in [1.807, 2.05) is 47.4 Å². The zero-order valence-electron chi connectivity index (χ0n) is 19.0. The summed E-state index contributed by atoms with van der Waals surface area (Å²) in [5.41, 5.74) is 2.89. The fourth-order valence-corrected chi connectivity index (χ4v) is 3.99. The molecule has 0 N–H and O–H groups in total. The molecule has 3 aromatic heterocycles. The summed E-state index contributed by atoms with van der Waals surface area (Å²) in [6, 6.07) is 13.3. The van der Waals surface area contributed by atoms with Crippen LogP contribution in [0.3, 0.4) is 0 Å². The third-order valence-electron chi connectivity index (χ3n) is 5.80. The van der Waals surface area contributed by atoms with Crippen molar-refractivity contribution in [3.05, 3.63) is 72.4 Å². The summed E-state index contributed by atoms with van der Waals surface area (Å²) in [6.07, 6.45) is 4.75. The summed E-state index contributed by atoms with van der Waals surface area (Å²) >= 11 is 0. The Kier molecular flexibility index (Phi) is 5.62. The first-order valence-corrected chi connectivity index (χ1v) is 11.0. The maximum absolute atomic E-state index is 13.6. The number of benzene rings is 1. The molecule has 172 valence electrons. The largest absolute Gasteiger partial charge is 0.352 e. The molecule has 1 aromatic carbocycles. The predicted octanol–water partition coefficient (Wildman–Crippen LogP) is 1.85. The lowest BCUT2D eigenvalue weighted by atomic mass is 10.1. The van der Waals surface area contributed by atoms with Gasteiger partial charge in [0.15, 0.2) is 11.3 Å². The van der Waals surface area contributed by atoms with Crippen LogP contribution in [0.2, 0.25) is 0 Å². The molecule has 0 spiro atoms. The quantitative estimate of drug-likeness (QED) is 0.462. The molecule has 0 bridgehead atoms. The van der Waals surface area contributed by atoms with Gasteiger partial charge in [0.05, 0.1) is 12.4 Å². The minimum absolute atomic E-state index is 0.109. The monoisotopic (exact) mass is 456 g/mol. The van der Waals surface area contributed by atoms with Crippen molar-refractivity contribution in [2.24, 2.45) is 0 Å². The van der Waals surface area contributed by atoms with Crippen LogP contribution in [0, 0.1) is 0 Å². The second-order valence-corrected chi connectivity index (χ2v) is 8.21. The van der Waals surface area contributed by atoms with Gasteiger partial charge in [-0.2, -0.15) is 5.10 Å². The lowest BCUT2D eigenvalue weighted by Crippen LogP contribution is -2.49. The molecule has 1 fully saturated rings. The Morgan fingerprint density at radius 3 is 2.35 bits per heavy atom. The van der Waals surface area contributed by atoms with Crippen molar-refractivity contribution in [2.75, 3.05) is 45.2 Å². The molecule has 5 rings (SSSR count). The van der Waals surface area contributed by atoms with Crippen molar-refractivity contribution in [1.82, 2.24) is 34.4 Å². The minimum atomic E-state index is -0.190. The van der Waals surface area contributed by atoms with Crippen molar-refractivity contribution < 1.29 is 9.59 Å². The van der Waals surface area contributed by atoms with E-state index < -0.39 is 0 Å². The first kappa shape index (κ1) is 21.5. The summed E-state index contributed by atoms with van der Waals surface area (Å²) in [4.78, 5) is 44.4. The summed E-state index contributed by atoms with van der Waals surface area (Å²) in [7, 11) is 3.35. The molecule has 4 aromatic rings. The van der Waals surface area contributed by atoms with Gasteiger partial charge in [-0.25, -0.2) is 19.5 Å². The van der Waals surface area contributed by atoms with Gasteiger partial charge in [0.2, 0.25) is 0 Å². The summed E-state index contributed by atoms with van der Waals surface area (Å²) in [5.74, 6) is 0.386. The Morgan fingerprint density at radius 2 is 1.68 bits per heavy atom. The normalized spacial score (nSPS) is 13.8. The Hall–Kier alpha value is -4.34. The molecule has 10 heteroatoms. The molecule has 10 nitrogen and oxygen atoms in total. The molecule has 2 amide bonds. The second kappa shape index (κ2) is 8.89. The molecule has 0 unspecified atom stereocenters. The van der Waals surface area contributed by atoms with E-state index >= 15 is 0 Å². The molecule has 4 heterocycles. The Labute approximate surface area is 196 Å². The van der Waals surface area contributed by atoms with Crippen LogP contribution in [0.15, 0.2) is 61.1 Å². The van der Waals surface area contributed by atoms with Crippen molar-refractivity contribution in [3.63, 3.8) is 0 Å². The lowest BCUT2D eigenvalue weighted by Gasteiger charge is -2.35. The molecule has 1 saturated heterocycles. The van der Waals surface area contributed by atoms with E-state index in [-0.39, 0.29) is 11.8 Å². The highest BCUT2D eigenvalue weighted by Crippen LogP contribution is 2.25. The summed E-state index contributed by atoms with van der Waals surface area (Å²) < 4.78 is 1.61. The number of hydrogen-bond acceptors (Lipinski definition) is 7. The Morgan fingerprint density at radius 1 is 0.912 bits per heavy atom. The third-order valence-corrected chi connectivity index (χ3v) is 5.80. The number of hydrogen-bond donors (Lipinski definition) is 0. The van der Waals surface area contributed by atoms with E-state index in [0.29, 0.717) is 54.7 Å². The minimum Gasteiger partial charge on any atom is -0.352 e. The predicted molar refractivity (Wildman–Crippen MR) is 127 cm³/mol. The SMILES string of the molecule is CN(C)C(=O)c1cnc(N2CCN(C(=O)c3c(-c4ccccc4)nc4cccnn34)CC2)cn1. The van der Waals surface area contributed by atoms with E-state index in [0.717, 1.165) is 5.56 Å². The molecule has 1 aliphatic rings. The number of carbonyl (C=O) groups excluding carboxylic acids is 2. The van der Waals surface area contributed by atoms with Gasteiger partial charge in [0.1, 0.15) is 17.2 Å². The van der Waals surface area contributed by atoms with E-state index in [9.17, 15) is 9.59 Å². The van der Waals surface area contributed by atoms with Crippen LogP contribution in [-0.4, -0.2) is 86.5 Å². The van der Waals surface area contributed by atoms with Gasteiger partial charge in [-0.1, -0.05) is 30.3 Å². The standard InChI is InChI=1S/C24H24N8O2/c1-29(2)23(33)18-15-26-20(16-25-18)30-11-13-31(14-12-30)24(34)22-21(17-7-4-3-5-8-17)28-19-9-6-10-27-32(19)22/h3-10,15-16H,11-14H2,1-2H3. The van der Waals surface area contributed by atoms with Gasteiger partial charge in [-0.15, -0.1) is 0 Å². The molecule has 0 atom stereocenters. The highest BCUT2D eigenvalue weighted by Gasteiger charge is 2.29. The van der Waals surface area contributed by atoms with Gasteiger partial charge in [-0.3, -0.25) is 9.59 Å². The topological polar surface area (TPSA) is 99.8 Å². The number of piperazine rings is 1. The van der Waals surface area contributed by atoms with E-state index in [1.165, 1.54) is 11.1 Å². The zero-order valence-corrected chi connectivity index (χ0v) is 19.0. The van der Waals surface area contributed by atoms with Gasteiger partial charge in [0, 0.05) is 52.0 Å². The number of aromatic nitrogens is 5.